The quantitative estimate of drug-likeness (QED) is 0.713. The highest BCUT2D eigenvalue weighted by molar-refractivity contribution is 8.00. The molecule has 130 valence electrons. The van der Waals surface area contributed by atoms with Crippen LogP contribution >= 0.6 is 11.8 Å². The van der Waals surface area contributed by atoms with E-state index in [0.717, 1.165) is 40.3 Å². The molecule has 1 N–H and O–H groups in total. The molecule has 1 fully saturated rings. The lowest BCUT2D eigenvalue weighted by Crippen LogP contribution is -2.29. The van der Waals surface area contributed by atoms with Gasteiger partial charge in [-0.3, -0.25) is 9.36 Å². The Balaban J connectivity index is 1.73. The van der Waals surface area contributed by atoms with Gasteiger partial charge < -0.3 is 9.88 Å². The lowest BCUT2D eigenvalue weighted by atomic mass is 10.1. The Labute approximate surface area is 150 Å². The van der Waals surface area contributed by atoms with E-state index in [1.165, 1.54) is 11.8 Å². The van der Waals surface area contributed by atoms with Crippen molar-refractivity contribution in [2.45, 2.75) is 36.2 Å². The van der Waals surface area contributed by atoms with Crippen molar-refractivity contribution in [2.24, 2.45) is 0 Å². The van der Waals surface area contributed by atoms with Gasteiger partial charge in [-0.1, -0.05) is 30.0 Å². The number of aromatic amines is 1. The van der Waals surface area contributed by atoms with E-state index >= 15 is 0 Å². The van der Waals surface area contributed by atoms with Crippen molar-refractivity contribution < 1.29 is 4.79 Å². The van der Waals surface area contributed by atoms with Crippen molar-refractivity contribution in [1.82, 2.24) is 24.6 Å². The van der Waals surface area contributed by atoms with Crippen LogP contribution in [0.25, 0.3) is 22.3 Å². The van der Waals surface area contributed by atoms with Crippen LogP contribution < -0.4 is 0 Å². The summed E-state index contributed by atoms with van der Waals surface area (Å²) in [6.45, 7) is 1.92. The standard InChI is InChI=1S/C18H21N5OS/c1-11(17(24)22(2)3)25-18-21-20-16(23(18)12-8-9-12)14-10-19-15-7-5-4-6-13(14)15/h4-7,10-12,19H,8-9H2,1-3H3/t11-/m0/s1. The maximum absolute atomic E-state index is 12.2. The molecule has 25 heavy (non-hydrogen) atoms. The molecule has 6 nitrogen and oxygen atoms in total. The average Bonchev–Trinajstić information content (AvgIpc) is 3.22. The average molecular weight is 355 g/mol. The maximum atomic E-state index is 12.2. The zero-order valence-electron chi connectivity index (χ0n) is 14.6. The van der Waals surface area contributed by atoms with E-state index in [1.807, 2.05) is 25.3 Å². The minimum atomic E-state index is -0.187. The number of para-hydroxylation sites is 1. The Hall–Kier alpha value is -2.28. The summed E-state index contributed by atoms with van der Waals surface area (Å²) in [5, 5.41) is 10.7. The van der Waals surface area contributed by atoms with E-state index in [4.69, 9.17) is 0 Å². The monoisotopic (exact) mass is 355 g/mol. The number of benzene rings is 1. The highest BCUT2D eigenvalue weighted by Crippen LogP contribution is 2.42. The normalized spacial score (nSPS) is 15.5. The second-order valence-corrected chi connectivity index (χ2v) is 7.96. The van der Waals surface area contributed by atoms with Crippen LogP contribution in [0.1, 0.15) is 25.8 Å². The first-order chi connectivity index (χ1) is 12.1. The third-order valence-corrected chi connectivity index (χ3v) is 5.52. The lowest BCUT2D eigenvalue weighted by Gasteiger charge is -2.16. The van der Waals surface area contributed by atoms with Gasteiger partial charge >= 0.3 is 0 Å². The topological polar surface area (TPSA) is 66.8 Å². The van der Waals surface area contributed by atoms with Gasteiger partial charge in [-0.25, -0.2) is 0 Å². The van der Waals surface area contributed by atoms with Gasteiger partial charge in [-0.15, -0.1) is 10.2 Å². The number of nitrogens with zero attached hydrogens (tertiary/aromatic N) is 4. The molecule has 1 aromatic carbocycles. The van der Waals surface area contributed by atoms with Crippen molar-refractivity contribution in [3.05, 3.63) is 30.5 Å². The van der Waals surface area contributed by atoms with E-state index in [9.17, 15) is 4.79 Å². The van der Waals surface area contributed by atoms with Crippen LogP contribution in [-0.4, -0.2) is 49.9 Å². The number of nitrogens with one attached hydrogen (secondary N) is 1. The predicted octanol–water partition coefficient (Wildman–Crippen LogP) is 3.33. The Morgan fingerprint density at radius 2 is 2.08 bits per heavy atom. The van der Waals surface area contributed by atoms with Crippen LogP contribution in [0.15, 0.2) is 35.6 Å². The number of carbonyl (C=O) groups is 1. The van der Waals surface area contributed by atoms with Crippen LogP contribution in [0, 0.1) is 0 Å². The van der Waals surface area contributed by atoms with Gasteiger partial charge in [0.1, 0.15) is 0 Å². The summed E-state index contributed by atoms with van der Waals surface area (Å²) in [6, 6.07) is 8.64. The second kappa shape index (κ2) is 6.22. The Kier molecular flexibility index (Phi) is 4.03. The van der Waals surface area contributed by atoms with Crippen molar-refractivity contribution >= 4 is 28.6 Å². The number of H-pyrrole nitrogens is 1. The van der Waals surface area contributed by atoms with E-state index < -0.39 is 0 Å². The number of carbonyl (C=O) groups excluding carboxylic acids is 1. The Morgan fingerprint density at radius 1 is 1.32 bits per heavy atom. The fourth-order valence-corrected chi connectivity index (χ4v) is 4.10. The molecule has 0 spiro atoms. The van der Waals surface area contributed by atoms with E-state index in [2.05, 4.69) is 31.9 Å². The van der Waals surface area contributed by atoms with Gasteiger partial charge in [-0.05, 0) is 25.8 Å². The molecule has 3 aromatic rings. The minimum absolute atomic E-state index is 0.0870. The fraction of sp³-hybridized carbons (Fsp3) is 0.389. The van der Waals surface area contributed by atoms with E-state index in [1.54, 1.807) is 19.0 Å². The summed E-state index contributed by atoms with van der Waals surface area (Å²) in [5.74, 6) is 0.968. The van der Waals surface area contributed by atoms with E-state index in [-0.39, 0.29) is 11.2 Å². The molecule has 2 aromatic heterocycles. The number of amides is 1. The summed E-state index contributed by atoms with van der Waals surface area (Å²) in [5.41, 5.74) is 2.15. The molecule has 0 bridgehead atoms. The maximum Gasteiger partial charge on any atom is 0.235 e. The van der Waals surface area contributed by atoms with Crippen LogP contribution in [0.2, 0.25) is 0 Å². The minimum Gasteiger partial charge on any atom is -0.360 e. The molecule has 1 atom stereocenters. The first kappa shape index (κ1) is 16.2. The SMILES string of the molecule is C[C@H](Sc1nnc(-c2c[nH]c3ccccc23)n1C1CC1)C(=O)N(C)C. The van der Waals surface area contributed by atoms with Crippen LogP contribution in [-0.2, 0) is 4.79 Å². The van der Waals surface area contributed by atoms with Crippen LogP contribution in [0.5, 0.6) is 0 Å². The van der Waals surface area contributed by atoms with Crippen molar-refractivity contribution in [2.75, 3.05) is 14.1 Å². The van der Waals surface area contributed by atoms with Gasteiger partial charge in [0.25, 0.3) is 0 Å². The molecular weight excluding hydrogens is 334 g/mol. The van der Waals surface area contributed by atoms with E-state index in [0.29, 0.717) is 6.04 Å². The molecule has 1 amide bonds. The van der Waals surface area contributed by atoms with Gasteiger partial charge in [0.15, 0.2) is 11.0 Å². The lowest BCUT2D eigenvalue weighted by molar-refractivity contribution is -0.127. The van der Waals surface area contributed by atoms with Crippen molar-refractivity contribution in [3.8, 4) is 11.4 Å². The summed E-state index contributed by atoms with van der Waals surface area (Å²) in [4.78, 5) is 17.1. The largest absolute Gasteiger partial charge is 0.360 e. The highest BCUT2D eigenvalue weighted by atomic mass is 32.2. The molecule has 0 saturated heterocycles. The molecule has 2 heterocycles. The number of hydrogen-bond acceptors (Lipinski definition) is 4. The first-order valence-corrected chi connectivity index (χ1v) is 9.33. The molecule has 7 heteroatoms. The third kappa shape index (κ3) is 2.93. The molecule has 1 aliphatic carbocycles. The first-order valence-electron chi connectivity index (χ1n) is 8.45. The fourth-order valence-electron chi connectivity index (χ4n) is 3.03. The second-order valence-electron chi connectivity index (χ2n) is 6.65. The van der Waals surface area contributed by atoms with Gasteiger partial charge in [0.05, 0.1) is 5.25 Å². The summed E-state index contributed by atoms with van der Waals surface area (Å²) in [6.07, 6.45) is 4.27. The molecule has 4 rings (SSSR count). The number of hydrogen-bond donors (Lipinski definition) is 1. The molecule has 0 unspecified atom stereocenters. The zero-order chi connectivity index (χ0) is 17.6. The van der Waals surface area contributed by atoms with Gasteiger partial charge in [0.2, 0.25) is 5.91 Å². The Bertz CT molecular complexity index is 925. The molecule has 1 aliphatic rings. The van der Waals surface area contributed by atoms with Crippen LogP contribution in [0.4, 0.5) is 0 Å². The molecular formula is C18H21N5OS. The smallest absolute Gasteiger partial charge is 0.235 e. The summed E-state index contributed by atoms with van der Waals surface area (Å²) in [7, 11) is 3.56. The number of fused-ring (bicyclic) bond motifs is 1. The highest BCUT2D eigenvalue weighted by Gasteiger charge is 2.32. The molecule has 0 aliphatic heterocycles. The van der Waals surface area contributed by atoms with Crippen molar-refractivity contribution in [1.29, 1.82) is 0 Å². The van der Waals surface area contributed by atoms with Gasteiger partial charge in [-0.2, -0.15) is 0 Å². The number of rotatable bonds is 5. The molecule has 0 radical (unpaired) electrons. The zero-order valence-corrected chi connectivity index (χ0v) is 15.4. The number of aromatic nitrogens is 4. The third-order valence-electron chi connectivity index (χ3n) is 4.48. The molecule has 1 saturated carbocycles. The summed E-state index contributed by atoms with van der Waals surface area (Å²) >= 11 is 1.49. The summed E-state index contributed by atoms with van der Waals surface area (Å²) < 4.78 is 2.21. The number of thioether (sulfide) groups is 1. The predicted molar refractivity (Wildman–Crippen MR) is 99.6 cm³/mol. The van der Waals surface area contributed by atoms with Gasteiger partial charge in [0, 0.05) is 42.8 Å². The Morgan fingerprint density at radius 3 is 2.80 bits per heavy atom. The van der Waals surface area contributed by atoms with Crippen LogP contribution in [0.3, 0.4) is 0 Å². The van der Waals surface area contributed by atoms with Crippen molar-refractivity contribution in [3.63, 3.8) is 0 Å².